The van der Waals surface area contributed by atoms with E-state index in [1.54, 1.807) is 0 Å². The molecule has 1 aliphatic rings. The van der Waals surface area contributed by atoms with E-state index in [4.69, 9.17) is 10.5 Å². The Hall–Kier alpha value is -1.02. The Labute approximate surface area is 73.8 Å². The van der Waals surface area contributed by atoms with Gasteiger partial charge in [-0.25, -0.2) is 0 Å². The molecule has 0 amide bonds. The van der Waals surface area contributed by atoms with Gasteiger partial charge in [-0.3, -0.25) is 0 Å². The predicted octanol–water partition coefficient (Wildman–Crippen LogP) is 2.62. The van der Waals surface area contributed by atoms with Crippen LogP contribution in [0, 0.1) is 34.0 Å². The van der Waals surface area contributed by atoms with Crippen LogP contribution in [0.15, 0.2) is 0 Å². The van der Waals surface area contributed by atoms with E-state index in [0.717, 1.165) is 32.1 Å². The zero-order valence-electron chi connectivity index (χ0n) is 7.51. The first-order valence-corrected chi connectivity index (χ1v) is 4.51. The van der Waals surface area contributed by atoms with Crippen molar-refractivity contribution in [2.45, 2.75) is 39.0 Å². The lowest BCUT2D eigenvalue weighted by Gasteiger charge is -2.17. The highest BCUT2D eigenvalue weighted by molar-refractivity contribution is 4.99. The normalized spacial score (nSPS) is 36.1. The van der Waals surface area contributed by atoms with Crippen LogP contribution in [0.4, 0.5) is 0 Å². The fourth-order valence-corrected chi connectivity index (χ4v) is 1.74. The summed E-state index contributed by atoms with van der Waals surface area (Å²) < 4.78 is 0. The van der Waals surface area contributed by atoms with E-state index in [0.29, 0.717) is 0 Å². The van der Waals surface area contributed by atoms with Crippen molar-refractivity contribution in [3.8, 4) is 12.1 Å². The highest BCUT2D eigenvalue weighted by atomic mass is 14.4. The molecule has 0 bridgehead atoms. The molecule has 2 nitrogen and oxygen atoms in total. The summed E-state index contributed by atoms with van der Waals surface area (Å²) in [7, 11) is 0. The molecule has 0 aliphatic heterocycles. The minimum absolute atomic E-state index is 0.161. The van der Waals surface area contributed by atoms with Gasteiger partial charge in [0.05, 0.1) is 17.6 Å². The van der Waals surface area contributed by atoms with Crippen molar-refractivity contribution in [3.63, 3.8) is 0 Å². The standard InChI is InChI=1S/C10H14N2/c1-10(8-12)5-2-3-9(7-11)4-6-10/h9H,2-6H2,1H3/t9?,10-/m1/s1. The zero-order chi connectivity index (χ0) is 9.03. The van der Waals surface area contributed by atoms with Crippen LogP contribution in [0.5, 0.6) is 0 Å². The minimum Gasteiger partial charge on any atom is -0.198 e. The summed E-state index contributed by atoms with van der Waals surface area (Å²) in [6, 6.07) is 4.65. The first-order valence-electron chi connectivity index (χ1n) is 4.51. The summed E-state index contributed by atoms with van der Waals surface area (Å²) in [5.41, 5.74) is -0.161. The Kier molecular flexibility index (Phi) is 2.71. The zero-order valence-corrected chi connectivity index (χ0v) is 7.51. The number of rotatable bonds is 0. The summed E-state index contributed by atoms with van der Waals surface area (Å²) in [5, 5.41) is 17.6. The second-order valence-electron chi connectivity index (χ2n) is 3.93. The average Bonchev–Trinajstić information content (AvgIpc) is 2.28. The molecule has 12 heavy (non-hydrogen) atoms. The SMILES string of the molecule is C[C@@]1(C#N)CCCC(C#N)CC1. The topological polar surface area (TPSA) is 47.6 Å². The van der Waals surface area contributed by atoms with E-state index in [1.807, 2.05) is 6.92 Å². The van der Waals surface area contributed by atoms with Crippen LogP contribution in [0.1, 0.15) is 39.0 Å². The summed E-state index contributed by atoms with van der Waals surface area (Å²) in [6.45, 7) is 2.01. The van der Waals surface area contributed by atoms with Gasteiger partial charge in [-0.15, -0.1) is 0 Å². The van der Waals surface area contributed by atoms with Gasteiger partial charge >= 0.3 is 0 Å². The van der Waals surface area contributed by atoms with Crippen molar-refractivity contribution in [2.75, 3.05) is 0 Å². The monoisotopic (exact) mass is 162 g/mol. The molecule has 1 saturated carbocycles. The van der Waals surface area contributed by atoms with Crippen molar-refractivity contribution in [3.05, 3.63) is 0 Å². The second-order valence-corrected chi connectivity index (χ2v) is 3.93. The maximum Gasteiger partial charge on any atom is 0.0686 e. The first-order chi connectivity index (χ1) is 5.70. The molecule has 0 N–H and O–H groups in total. The van der Waals surface area contributed by atoms with Gasteiger partial charge in [-0.2, -0.15) is 10.5 Å². The average molecular weight is 162 g/mol. The highest BCUT2D eigenvalue weighted by Crippen LogP contribution is 2.35. The highest BCUT2D eigenvalue weighted by Gasteiger charge is 2.28. The molecule has 0 aromatic rings. The van der Waals surface area contributed by atoms with E-state index in [2.05, 4.69) is 12.1 Å². The van der Waals surface area contributed by atoms with Crippen LogP contribution < -0.4 is 0 Å². The summed E-state index contributed by atoms with van der Waals surface area (Å²) >= 11 is 0. The molecule has 0 radical (unpaired) electrons. The van der Waals surface area contributed by atoms with Crippen LogP contribution in [-0.2, 0) is 0 Å². The lowest BCUT2D eigenvalue weighted by molar-refractivity contribution is 0.378. The van der Waals surface area contributed by atoms with Gasteiger partial charge in [0.25, 0.3) is 0 Å². The molecule has 1 rings (SSSR count). The van der Waals surface area contributed by atoms with Crippen LogP contribution in [-0.4, -0.2) is 0 Å². The molecule has 0 aromatic carbocycles. The lowest BCUT2D eigenvalue weighted by atomic mass is 9.84. The molecule has 1 unspecified atom stereocenters. The second kappa shape index (κ2) is 3.59. The van der Waals surface area contributed by atoms with Gasteiger partial charge in [0.2, 0.25) is 0 Å². The molecule has 1 aliphatic carbocycles. The fraction of sp³-hybridized carbons (Fsp3) is 0.800. The fourth-order valence-electron chi connectivity index (χ4n) is 1.74. The Morgan fingerprint density at radius 1 is 1.25 bits per heavy atom. The third-order valence-electron chi connectivity index (χ3n) is 2.78. The molecule has 0 aromatic heterocycles. The Morgan fingerprint density at radius 2 is 2.00 bits per heavy atom. The van der Waals surface area contributed by atoms with E-state index in [9.17, 15) is 0 Å². The van der Waals surface area contributed by atoms with Gasteiger partial charge in [0, 0.05) is 5.92 Å². The Bertz CT molecular complexity index is 233. The predicted molar refractivity (Wildman–Crippen MR) is 45.9 cm³/mol. The van der Waals surface area contributed by atoms with Gasteiger partial charge in [0.15, 0.2) is 0 Å². The van der Waals surface area contributed by atoms with E-state index >= 15 is 0 Å². The molecular formula is C10H14N2. The molecule has 0 spiro atoms. The third-order valence-corrected chi connectivity index (χ3v) is 2.78. The number of hydrogen-bond donors (Lipinski definition) is 0. The van der Waals surface area contributed by atoms with Crippen LogP contribution >= 0.6 is 0 Å². The number of hydrogen-bond acceptors (Lipinski definition) is 2. The van der Waals surface area contributed by atoms with Gasteiger partial charge < -0.3 is 0 Å². The minimum atomic E-state index is -0.161. The van der Waals surface area contributed by atoms with E-state index < -0.39 is 0 Å². The maximum atomic E-state index is 8.90. The summed E-state index contributed by atoms with van der Waals surface area (Å²) in [5.74, 6) is 0.195. The van der Waals surface area contributed by atoms with Gasteiger partial charge in [0.1, 0.15) is 0 Å². The Balaban J connectivity index is 2.58. The molecule has 0 saturated heterocycles. The van der Waals surface area contributed by atoms with Crippen LogP contribution in [0.2, 0.25) is 0 Å². The van der Waals surface area contributed by atoms with Crippen molar-refractivity contribution < 1.29 is 0 Å². The molecule has 0 heterocycles. The lowest BCUT2D eigenvalue weighted by Crippen LogP contribution is -2.11. The molecule has 1 fully saturated rings. The molecule has 2 atom stereocenters. The van der Waals surface area contributed by atoms with Crippen molar-refractivity contribution in [1.29, 1.82) is 10.5 Å². The summed E-state index contributed by atoms with van der Waals surface area (Å²) in [6.07, 6.45) is 4.76. The number of nitriles is 2. The van der Waals surface area contributed by atoms with Crippen molar-refractivity contribution >= 4 is 0 Å². The van der Waals surface area contributed by atoms with Crippen LogP contribution in [0.3, 0.4) is 0 Å². The molecule has 2 heteroatoms. The maximum absolute atomic E-state index is 8.90. The number of nitrogens with zero attached hydrogens (tertiary/aromatic N) is 2. The van der Waals surface area contributed by atoms with Crippen molar-refractivity contribution in [2.24, 2.45) is 11.3 Å². The van der Waals surface area contributed by atoms with Crippen molar-refractivity contribution in [1.82, 2.24) is 0 Å². The molecular weight excluding hydrogens is 148 g/mol. The largest absolute Gasteiger partial charge is 0.198 e. The van der Waals surface area contributed by atoms with Gasteiger partial charge in [-0.1, -0.05) is 6.42 Å². The van der Waals surface area contributed by atoms with Crippen LogP contribution in [0.25, 0.3) is 0 Å². The smallest absolute Gasteiger partial charge is 0.0686 e. The van der Waals surface area contributed by atoms with E-state index in [-0.39, 0.29) is 11.3 Å². The Morgan fingerprint density at radius 3 is 2.58 bits per heavy atom. The third kappa shape index (κ3) is 1.98. The van der Waals surface area contributed by atoms with E-state index in [1.165, 1.54) is 0 Å². The summed E-state index contributed by atoms with van der Waals surface area (Å²) in [4.78, 5) is 0. The quantitative estimate of drug-likeness (QED) is 0.514. The first kappa shape index (κ1) is 9.07. The molecule has 64 valence electrons. The van der Waals surface area contributed by atoms with Gasteiger partial charge in [-0.05, 0) is 32.6 Å².